The SMILES string of the molecule is O=C(c1ccc2cccc([N+](=O)[O-])c2n1)c1c(-c2ccccc2)nc2sc3ccccc3n12. The number of hydrogen-bond donors (Lipinski definition) is 0. The van der Waals surface area contributed by atoms with E-state index >= 15 is 0 Å². The molecule has 0 saturated heterocycles. The van der Waals surface area contributed by atoms with Gasteiger partial charge in [-0.1, -0.05) is 72.0 Å². The molecule has 6 aromatic rings. The molecule has 0 fully saturated rings. The van der Waals surface area contributed by atoms with Gasteiger partial charge in [-0.15, -0.1) is 0 Å². The molecule has 0 radical (unpaired) electrons. The molecule has 6 rings (SSSR count). The second kappa shape index (κ2) is 7.32. The molecule has 0 bridgehead atoms. The number of carbonyl (C=O) groups is 1. The summed E-state index contributed by atoms with van der Waals surface area (Å²) < 4.78 is 2.87. The third-order valence-electron chi connectivity index (χ3n) is 5.54. The molecule has 0 atom stereocenters. The largest absolute Gasteiger partial charge is 0.295 e. The van der Waals surface area contributed by atoms with Crippen LogP contribution in [0.25, 0.3) is 37.3 Å². The summed E-state index contributed by atoms with van der Waals surface area (Å²) in [5, 5.41) is 12.1. The van der Waals surface area contributed by atoms with E-state index in [4.69, 9.17) is 4.98 Å². The number of rotatable bonds is 4. The zero-order chi connectivity index (χ0) is 22.5. The molecular formula is C25H14N4O3S. The predicted octanol–water partition coefficient (Wildman–Crippen LogP) is 5.90. The number of nitro groups is 1. The predicted molar refractivity (Wildman–Crippen MR) is 128 cm³/mol. The molecule has 3 heterocycles. The van der Waals surface area contributed by atoms with Crippen LogP contribution in [-0.2, 0) is 0 Å². The fourth-order valence-electron chi connectivity index (χ4n) is 4.05. The Morgan fingerprint density at radius 3 is 2.48 bits per heavy atom. The lowest BCUT2D eigenvalue weighted by atomic mass is 10.0. The van der Waals surface area contributed by atoms with E-state index in [0.29, 0.717) is 21.7 Å². The molecule has 0 N–H and O–H groups in total. The first-order valence-electron chi connectivity index (χ1n) is 10.2. The summed E-state index contributed by atoms with van der Waals surface area (Å²) >= 11 is 1.50. The van der Waals surface area contributed by atoms with Gasteiger partial charge in [-0.2, -0.15) is 0 Å². The normalized spacial score (nSPS) is 11.4. The van der Waals surface area contributed by atoms with Gasteiger partial charge in [-0.05, 0) is 18.2 Å². The highest BCUT2D eigenvalue weighted by molar-refractivity contribution is 7.23. The fourth-order valence-corrected chi connectivity index (χ4v) is 5.08. The highest BCUT2D eigenvalue weighted by atomic mass is 32.1. The van der Waals surface area contributed by atoms with E-state index in [9.17, 15) is 14.9 Å². The third kappa shape index (κ3) is 3.00. The van der Waals surface area contributed by atoms with Crippen molar-refractivity contribution in [3.8, 4) is 11.3 Å². The van der Waals surface area contributed by atoms with Crippen molar-refractivity contribution in [3.05, 3.63) is 106 Å². The maximum atomic E-state index is 13.9. The van der Waals surface area contributed by atoms with E-state index in [1.54, 1.807) is 24.3 Å². The number of ketones is 1. The molecule has 7 nitrogen and oxygen atoms in total. The Bertz CT molecular complexity index is 1720. The molecule has 158 valence electrons. The average molecular weight is 450 g/mol. The number of thiazole rings is 1. The maximum absolute atomic E-state index is 13.9. The number of imidazole rings is 1. The van der Waals surface area contributed by atoms with Gasteiger partial charge in [0, 0.05) is 17.0 Å². The Labute approximate surface area is 190 Å². The fraction of sp³-hybridized carbons (Fsp3) is 0. The first-order valence-corrected chi connectivity index (χ1v) is 11.0. The van der Waals surface area contributed by atoms with Crippen LogP contribution in [0.3, 0.4) is 0 Å². The van der Waals surface area contributed by atoms with Crippen LogP contribution in [0.4, 0.5) is 5.69 Å². The summed E-state index contributed by atoms with van der Waals surface area (Å²) in [6.07, 6.45) is 0. The van der Waals surface area contributed by atoms with Crippen LogP contribution in [0.5, 0.6) is 0 Å². The first kappa shape index (κ1) is 19.3. The Morgan fingerprint density at radius 1 is 0.879 bits per heavy atom. The average Bonchev–Trinajstić information content (AvgIpc) is 3.39. The smallest absolute Gasteiger partial charge is 0.285 e. The quantitative estimate of drug-likeness (QED) is 0.189. The standard InChI is InChI=1S/C25H14N4O3S/c30-24(17-14-13-16-9-6-11-19(29(31)32)21(16)26-17)23-22(15-7-2-1-3-8-15)27-25-28(23)18-10-4-5-12-20(18)33-25/h1-14H. The number of carbonyl (C=O) groups excluding carboxylic acids is 1. The van der Waals surface area contributed by atoms with Crippen LogP contribution in [-0.4, -0.2) is 25.1 Å². The second-order valence-corrected chi connectivity index (χ2v) is 8.50. The van der Waals surface area contributed by atoms with Crippen LogP contribution in [0, 0.1) is 10.1 Å². The molecule has 0 aliphatic carbocycles. The Kier molecular flexibility index (Phi) is 4.27. The van der Waals surface area contributed by atoms with Crippen molar-refractivity contribution < 1.29 is 9.72 Å². The lowest BCUT2D eigenvalue weighted by Crippen LogP contribution is -2.09. The second-order valence-electron chi connectivity index (χ2n) is 7.49. The summed E-state index contributed by atoms with van der Waals surface area (Å²) in [6, 6.07) is 25.3. The summed E-state index contributed by atoms with van der Waals surface area (Å²) in [5.74, 6) is -0.343. The van der Waals surface area contributed by atoms with Gasteiger partial charge in [0.25, 0.3) is 5.69 Å². The van der Waals surface area contributed by atoms with E-state index < -0.39 is 4.92 Å². The number of fused-ring (bicyclic) bond motifs is 4. The summed E-state index contributed by atoms with van der Waals surface area (Å²) in [5.41, 5.74) is 2.82. The number of nitrogens with zero attached hydrogens (tertiary/aromatic N) is 4. The Balaban J connectivity index is 1.64. The molecule has 0 amide bonds. The monoisotopic (exact) mass is 450 g/mol. The molecule has 3 aromatic heterocycles. The molecule has 0 spiro atoms. The lowest BCUT2D eigenvalue weighted by molar-refractivity contribution is -0.383. The zero-order valence-electron chi connectivity index (χ0n) is 17.0. The zero-order valence-corrected chi connectivity index (χ0v) is 17.8. The molecule has 33 heavy (non-hydrogen) atoms. The number of benzene rings is 3. The van der Waals surface area contributed by atoms with Gasteiger partial charge in [0.2, 0.25) is 5.78 Å². The Hall–Kier alpha value is -4.43. The molecule has 0 saturated carbocycles. The molecule has 0 aliphatic rings. The van der Waals surface area contributed by atoms with E-state index in [1.807, 2.05) is 59.0 Å². The van der Waals surface area contributed by atoms with E-state index in [-0.39, 0.29) is 22.7 Å². The summed E-state index contributed by atoms with van der Waals surface area (Å²) in [7, 11) is 0. The van der Waals surface area contributed by atoms with E-state index in [1.165, 1.54) is 17.4 Å². The number of pyridine rings is 1. The topological polar surface area (TPSA) is 90.4 Å². The van der Waals surface area contributed by atoms with Crippen molar-refractivity contribution in [2.45, 2.75) is 0 Å². The highest BCUT2D eigenvalue weighted by Crippen LogP contribution is 2.34. The van der Waals surface area contributed by atoms with Gasteiger partial charge in [0.15, 0.2) is 4.96 Å². The lowest BCUT2D eigenvalue weighted by Gasteiger charge is -2.06. The van der Waals surface area contributed by atoms with Crippen molar-refractivity contribution in [1.82, 2.24) is 14.4 Å². The number of hydrogen-bond acceptors (Lipinski definition) is 6. The minimum absolute atomic E-state index is 0.131. The van der Waals surface area contributed by atoms with Crippen LogP contribution >= 0.6 is 11.3 Å². The minimum atomic E-state index is -0.484. The third-order valence-corrected chi connectivity index (χ3v) is 6.57. The maximum Gasteiger partial charge on any atom is 0.295 e. The van der Waals surface area contributed by atoms with Crippen LogP contribution in [0.1, 0.15) is 16.2 Å². The van der Waals surface area contributed by atoms with Gasteiger partial charge in [-0.3, -0.25) is 19.3 Å². The van der Waals surface area contributed by atoms with Crippen molar-refractivity contribution in [2.24, 2.45) is 0 Å². The van der Waals surface area contributed by atoms with Crippen molar-refractivity contribution in [2.75, 3.05) is 0 Å². The van der Waals surface area contributed by atoms with Crippen molar-refractivity contribution in [3.63, 3.8) is 0 Å². The van der Waals surface area contributed by atoms with Gasteiger partial charge in [0.1, 0.15) is 22.6 Å². The van der Waals surface area contributed by atoms with E-state index in [2.05, 4.69) is 4.98 Å². The molecular weight excluding hydrogens is 436 g/mol. The number of para-hydroxylation sites is 2. The molecule has 0 aliphatic heterocycles. The van der Waals surface area contributed by atoms with Crippen LogP contribution in [0.15, 0.2) is 84.9 Å². The van der Waals surface area contributed by atoms with Gasteiger partial charge in [0.05, 0.1) is 15.1 Å². The van der Waals surface area contributed by atoms with E-state index in [0.717, 1.165) is 15.8 Å². The Morgan fingerprint density at radius 2 is 1.67 bits per heavy atom. The van der Waals surface area contributed by atoms with Crippen molar-refractivity contribution in [1.29, 1.82) is 0 Å². The van der Waals surface area contributed by atoms with Gasteiger partial charge < -0.3 is 0 Å². The first-order chi connectivity index (χ1) is 16.1. The van der Waals surface area contributed by atoms with Crippen LogP contribution in [0.2, 0.25) is 0 Å². The summed E-state index contributed by atoms with van der Waals surface area (Å²) in [6.45, 7) is 0. The number of aromatic nitrogens is 3. The summed E-state index contributed by atoms with van der Waals surface area (Å²) in [4.78, 5) is 34.9. The molecule has 8 heteroatoms. The van der Waals surface area contributed by atoms with Gasteiger partial charge >= 0.3 is 0 Å². The van der Waals surface area contributed by atoms with Crippen LogP contribution < -0.4 is 0 Å². The minimum Gasteiger partial charge on any atom is -0.285 e. The molecule has 0 unspecified atom stereocenters. The molecule has 3 aromatic carbocycles. The van der Waals surface area contributed by atoms with Gasteiger partial charge in [-0.25, -0.2) is 9.97 Å². The number of nitro benzene ring substituents is 1. The van der Waals surface area contributed by atoms with Crippen molar-refractivity contribution >= 4 is 48.9 Å². The highest BCUT2D eigenvalue weighted by Gasteiger charge is 2.26. The number of non-ortho nitro benzene ring substituents is 1.